The van der Waals surface area contributed by atoms with Gasteiger partial charge in [-0.05, 0) is 36.5 Å². The van der Waals surface area contributed by atoms with Gasteiger partial charge in [0.1, 0.15) is 6.61 Å². The fraction of sp³-hybridized carbons (Fsp3) is 0.636. The van der Waals surface area contributed by atoms with Crippen molar-refractivity contribution < 1.29 is 23.5 Å². The smallest absolute Gasteiger partial charge is 0.410 e. The SMILES string of the molecule is COC(=O)CC[C@@H]1C[C@@H](O[Si](C)(C)C(C)(C)C)CN1C(=O)OCc1ccccc1. The first kappa shape index (κ1) is 23.4. The molecule has 1 aliphatic heterocycles. The Morgan fingerprint density at radius 3 is 2.41 bits per heavy atom. The summed E-state index contributed by atoms with van der Waals surface area (Å²) in [6.45, 7) is 11.8. The molecule has 162 valence electrons. The van der Waals surface area contributed by atoms with Gasteiger partial charge >= 0.3 is 12.1 Å². The highest BCUT2D eigenvalue weighted by atomic mass is 28.4. The molecule has 1 aromatic carbocycles. The number of carbonyl (C=O) groups excluding carboxylic acids is 2. The number of rotatable bonds is 7. The van der Waals surface area contributed by atoms with Crippen LogP contribution in [0.25, 0.3) is 0 Å². The molecule has 7 heteroatoms. The van der Waals surface area contributed by atoms with E-state index in [9.17, 15) is 9.59 Å². The van der Waals surface area contributed by atoms with Crippen LogP contribution in [0.4, 0.5) is 4.79 Å². The van der Waals surface area contributed by atoms with Gasteiger partial charge in [-0.1, -0.05) is 51.1 Å². The third kappa shape index (κ3) is 6.57. The molecule has 1 heterocycles. The van der Waals surface area contributed by atoms with Crippen molar-refractivity contribution in [2.24, 2.45) is 0 Å². The minimum Gasteiger partial charge on any atom is -0.469 e. The van der Waals surface area contributed by atoms with Gasteiger partial charge in [0.15, 0.2) is 8.32 Å². The van der Waals surface area contributed by atoms with E-state index in [1.807, 2.05) is 30.3 Å². The third-order valence-corrected chi connectivity index (χ3v) is 10.5. The molecule has 0 aliphatic carbocycles. The molecule has 0 spiro atoms. The average molecular weight is 422 g/mol. The molecule has 1 aliphatic rings. The van der Waals surface area contributed by atoms with Crippen molar-refractivity contribution >= 4 is 20.4 Å². The molecule has 29 heavy (non-hydrogen) atoms. The summed E-state index contributed by atoms with van der Waals surface area (Å²) in [6, 6.07) is 9.53. The van der Waals surface area contributed by atoms with Crippen molar-refractivity contribution in [1.82, 2.24) is 4.90 Å². The quantitative estimate of drug-likeness (QED) is 0.470. The van der Waals surface area contributed by atoms with E-state index in [2.05, 4.69) is 33.9 Å². The lowest BCUT2D eigenvalue weighted by Gasteiger charge is -2.38. The minimum atomic E-state index is -1.96. The van der Waals surface area contributed by atoms with Crippen molar-refractivity contribution in [1.29, 1.82) is 0 Å². The Balaban J connectivity index is 2.04. The van der Waals surface area contributed by atoms with Gasteiger partial charge < -0.3 is 18.8 Å². The number of hydrogen-bond acceptors (Lipinski definition) is 5. The Labute approximate surface area is 175 Å². The molecular formula is C22H35NO5Si. The Kier molecular flexibility index (Phi) is 7.88. The van der Waals surface area contributed by atoms with Crippen LogP contribution in [0, 0.1) is 0 Å². The van der Waals surface area contributed by atoms with E-state index in [0.29, 0.717) is 19.4 Å². The van der Waals surface area contributed by atoms with Gasteiger partial charge in [0, 0.05) is 19.0 Å². The van der Waals surface area contributed by atoms with Gasteiger partial charge in [-0.25, -0.2) is 4.79 Å². The number of likely N-dealkylation sites (tertiary alicyclic amines) is 1. The lowest BCUT2D eigenvalue weighted by atomic mass is 10.1. The summed E-state index contributed by atoms with van der Waals surface area (Å²) < 4.78 is 16.9. The number of carbonyl (C=O) groups is 2. The Morgan fingerprint density at radius 1 is 1.17 bits per heavy atom. The summed E-state index contributed by atoms with van der Waals surface area (Å²) in [5, 5.41) is 0.0930. The first-order valence-electron chi connectivity index (χ1n) is 10.3. The van der Waals surface area contributed by atoms with Gasteiger partial charge in [-0.3, -0.25) is 4.79 Å². The maximum Gasteiger partial charge on any atom is 0.410 e. The number of methoxy groups -OCH3 is 1. The number of ether oxygens (including phenoxy) is 2. The molecular weight excluding hydrogens is 386 g/mol. The van der Waals surface area contributed by atoms with E-state index >= 15 is 0 Å². The standard InChI is InChI=1S/C22H35NO5Si/c1-22(2,3)29(5,6)28-19-14-18(12-13-20(24)26-4)23(15-19)21(25)27-16-17-10-8-7-9-11-17/h7-11,18-19H,12-16H2,1-6H3/t18-,19-/m1/s1. The molecule has 0 radical (unpaired) electrons. The Morgan fingerprint density at radius 2 is 1.83 bits per heavy atom. The zero-order valence-corrected chi connectivity index (χ0v) is 19.6. The van der Waals surface area contributed by atoms with Gasteiger partial charge in [0.2, 0.25) is 0 Å². The van der Waals surface area contributed by atoms with E-state index in [4.69, 9.17) is 13.9 Å². The van der Waals surface area contributed by atoms with Crippen LogP contribution < -0.4 is 0 Å². The van der Waals surface area contributed by atoms with Crippen LogP contribution >= 0.6 is 0 Å². The second-order valence-electron chi connectivity index (χ2n) is 9.20. The molecule has 1 amide bonds. The summed E-state index contributed by atoms with van der Waals surface area (Å²) in [4.78, 5) is 26.1. The van der Waals surface area contributed by atoms with Gasteiger partial charge in [0.25, 0.3) is 0 Å². The highest BCUT2D eigenvalue weighted by Gasteiger charge is 2.44. The van der Waals surface area contributed by atoms with Crippen molar-refractivity contribution in [2.45, 2.75) is 76.9 Å². The van der Waals surface area contributed by atoms with Gasteiger partial charge in [0.05, 0.1) is 13.2 Å². The molecule has 0 aromatic heterocycles. The largest absolute Gasteiger partial charge is 0.469 e. The number of hydrogen-bond donors (Lipinski definition) is 0. The minimum absolute atomic E-state index is 0.0391. The lowest BCUT2D eigenvalue weighted by molar-refractivity contribution is -0.141. The summed E-state index contributed by atoms with van der Waals surface area (Å²) >= 11 is 0. The number of nitrogens with zero attached hydrogens (tertiary/aromatic N) is 1. The third-order valence-electron chi connectivity index (χ3n) is 5.99. The number of esters is 1. The van der Waals surface area contributed by atoms with E-state index in [1.54, 1.807) is 4.90 Å². The molecule has 0 bridgehead atoms. The molecule has 1 aromatic rings. The summed E-state index contributed by atoms with van der Waals surface area (Å²) in [7, 11) is -0.576. The monoisotopic (exact) mass is 421 g/mol. The molecule has 0 N–H and O–H groups in total. The summed E-state index contributed by atoms with van der Waals surface area (Å²) in [5.41, 5.74) is 0.945. The Hall–Kier alpha value is -1.86. The fourth-order valence-electron chi connectivity index (χ4n) is 3.24. The first-order chi connectivity index (χ1) is 13.5. The molecule has 0 saturated carbocycles. The zero-order chi connectivity index (χ0) is 21.7. The fourth-order valence-corrected chi connectivity index (χ4v) is 4.60. The highest BCUT2D eigenvalue weighted by Crippen LogP contribution is 2.39. The predicted octanol–water partition coefficient (Wildman–Crippen LogP) is 4.74. The normalized spacial score (nSPS) is 19.9. The second-order valence-corrected chi connectivity index (χ2v) is 14.0. The van der Waals surface area contributed by atoms with Crippen LogP contribution in [0.1, 0.15) is 45.6 Å². The molecule has 0 unspecified atom stereocenters. The van der Waals surface area contributed by atoms with Crippen LogP contribution in [0.15, 0.2) is 30.3 Å². The van der Waals surface area contributed by atoms with Crippen LogP contribution in [0.2, 0.25) is 18.1 Å². The van der Waals surface area contributed by atoms with E-state index in [0.717, 1.165) is 5.56 Å². The topological polar surface area (TPSA) is 65.1 Å². The van der Waals surface area contributed by atoms with Crippen LogP contribution in [-0.4, -0.2) is 51.1 Å². The first-order valence-corrected chi connectivity index (χ1v) is 13.2. The molecule has 1 fully saturated rings. The molecule has 2 rings (SSSR count). The van der Waals surface area contributed by atoms with Crippen molar-refractivity contribution in [3.63, 3.8) is 0 Å². The Bertz CT molecular complexity index is 686. The van der Waals surface area contributed by atoms with Crippen LogP contribution in [-0.2, 0) is 25.3 Å². The molecule has 2 atom stereocenters. The molecule has 1 saturated heterocycles. The predicted molar refractivity (Wildman–Crippen MR) is 115 cm³/mol. The van der Waals surface area contributed by atoms with Gasteiger partial charge in [-0.2, -0.15) is 0 Å². The zero-order valence-electron chi connectivity index (χ0n) is 18.6. The molecule has 6 nitrogen and oxygen atoms in total. The van der Waals surface area contributed by atoms with Crippen molar-refractivity contribution in [2.75, 3.05) is 13.7 Å². The summed E-state index contributed by atoms with van der Waals surface area (Å²) in [6.07, 6.45) is 1.14. The maximum absolute atomic E-state index is 12.8. The highest BCUT2D eigenvalue weighted by molar-refractivity contribution is 6.74. The second kappa shape index (κ2) is 9.76. The van der Waals surface area contributed by atoms with E-state index in [-0.39, 0.29) is 42.3 Å². The van der Waals surface area contributed by atoms with Crippen LogP contribution in [0.5, 0.6) is 0 Å². The lowest BCUT2D eigenvalue weighted by Crippen LogP contribution is -2.44. The van der Waals surface area contributed by atoms with Gasteiger partial charge in [-0.15, -0.1) is 0 Å². The van der Waals surface area contributed by atoms with E-state index < -0.39 is 8.32 Å². The average Bonchev–Trinajstić information content (AvgIpc) is 3.06. The summed E-state index contributed by atoms with van der Waals surface area (Å²) in [5.74, 6) is -0.267. The van der Waals surface area contributed by atoms with Crippen molar-refractivity contribution in [3.05, 3.63) is 35.9 Å². The van der Waals surface area contributed by atoms with Crippen LogP contribution in [0.3, 0.4) is 0 Å². The van der Waals surface area contributed by atoms with Crippen molar-refractivity contribution in [3.8, 4) is 0 Å². The number of benzene rings is 1. The number of amides is 1. The van der Waals surface area contributed by atoms with E-state index in [1.165, 1.54) is 7.11 Å². The maximum atomic E-state index is 12.8.